The molecular weight excluding hydrogens is 558 g/mol. The number of hydroxylamine groups is 1. The highest BCUT2D eigenvalue weighted by Gasteiger charge is 2.33. The van der Waals surface area contributed by atoms with Gasteiger partial charge in [-0.2, -0.15) is 8.42 Å². The van der Waals surface area contributed by atoms with Crippen molar-refractivity contribution in [2.75, 3.05) is 13.4 Å². The molecule has 0 saturated heterocycles. The summed E-state index contributed by atoms with van der Waals surface area (Å²) >= 11 is 0. The molecule has 0 bridgehead atoms. The minimum absolute atomic E-state index is 0.0801. The molecule has 0 unspecified atom stereocenters. The predicted octanol–water partition coefficient (Wildman–Crippen LogP) is 6.32. The second kappa shape index (κ2) is 13.1. The van der Waals surface area contributed by atoms with E-state index < -0.39 is 21.9 Å². The first kappa shape index (κ1) is 32.8. The fourth-order valence-corrected chi connectivity index (χ4v) is 5.33. The van der Waals surface area contributed by atoms with Gasteiger partial charge in [0, 0.05) is 23.3 Å². The van der Waals surface area contributed by atoms with Crippen LogP contribution in [0.4, 0.5) is 0 Å². The lowest BCUT2D eigenvalue weighted by molar-refractivity contribution is -0.0698. The van der Waals surface area contributed by atoms with E-state index in [0.29, 0.717) is 22.4 Å². The Balaban J connectivity index is 2.09. The van der Waals surface area contributed by atoms with E-state index in [1.807, 2.05) is 60.6 Å². The molecule has 1 N–H and O–H groups in total. The SMILES string of the molecule is CCOCOc1c(C(C)(C)C)cc(CON(C(=O)c2ccccc2)S(=O)(=O)c2ccc(C(=O)O)cc2)cc1C(C)(C)C. The summed E-state index contributed by atoms with van der Waals surface area (Å²) in [4.78, 5) is 30.3. The number of nitrogens with zero attached hydrogens (tertiary/aromatic N) is 1. The summed E-state index contributed by atoms with van der Waals surface area (Å²) in [5.41, 5.74) is 1.70. The van der Waals surface area contributed by atoms with Gasteiger partial charge in [-0.25, -0.2) is 4.79 Å². The van der Waals surface area contributed by atoms with Crippen LogP contribution in [0.3, 0.4) is 0 Å². The summed E-state index contributed by atoms with van der Waals surface area (Å²) in [6.45, 7) is 14.5. The molecule has 10 heteroatoms. The van der Waals surface area contributed by atoms with Gasteiger partial charge in [-0.1, -0.05) is 64.2 Å². The number of ether oxygens (including phenoxy) is 2. The van der Waals surface area contributed by atoms with E-state index in [1.54, 1.807) is 18.2 Å². The topological polar surface area (TPSA) is 119 Å². The fraction of sp³-hybridized carbons (Fsp3) is 0.375. The Hall–Kier alpha value is -3.73. The van der Waals surface area contributed by atoms with Crippen LogP contribution in [0.25, 0.3) is 0 Å². The van der Waals surface area contributed by atoms with Crippen molar-refractivity contribution < 1.29 is 37.4 Å². The first-order valence-electron chi connectivity index (χ1n) is 13.6. The number of hydrogen-bond donors (Lipinski definition) is 1. The molecule has 0 aliphatic rings. The van der Waals surface area contributed by atoms with Crippen molar-refractivity contribution in [1.29, 1.82) is 0 Å². The smallest absolute Gasteiger partial charge is 0.335 e. The van der Waals surface area contributed by atoms with Gasteiger partial charge in [-0.3, -0.25) is 9.63 Å². The summed E-state index contributed by atoms with van der Waals surface area (Å²) in [6, 6.07) is 16.3. The molecule has 1 amide bonds. The van der Waals surface area contributed by atoms with Crippen molar-refractivity contribution >= 4 is 21.9 Å². The van der Waals surface area contributed by atoms with Gasteiger partial charge in [0.25, 0.3) is 15.9 Å². The molecule has 0 fully saturated rings. The number of carboxylic acid groups (broad SMARTS) is 1. The summed E-state index contributed by atoms with van der Waals surface area (Å²) in [6.07, 6.45) is 0. The third-order valence-electron chi connectivity index (χ3n) is 6.41. The lowest BCUT2D eigenvalue weighted by Gasteiger charge is -2.31. The molecule has 0 aromatic heterocycles. The van der Waals surface area contributed by atoms with Crippen LogP contribution >= 0.6 is 0 Å². The third-order valence-corrected chi connectivity index (χ3v) is 7.98. The van der Waals surface area contributed by atoms with E-state index in [9.17, 15) is 23.1 Å². The van der Waals surface area contributed by atoms with E-state index in [-0.39, 0.29) is 40.3 Å². The minimum Gasteiger partial charge on any atom is -0.478 e. The number of sulfonamides is 1. The lowest BCUT2D eigenvalue weighted by Crippen LogP contribution is -2.37. The van der Waals surface area contributed by atoms with Gasteiger partial charge < -0.3 is 14.6 Å². The molecule has 3 aromatic carbocycles. The van der Waals surface area contributed by atoms with Gasteiger partial charge in [0.05, 0.1) is 10.5 Å². The average Bonchev–Trinajstić information content (AvgIpc) is 2.92. The lowest BCUT2D eigenvalue weighted by atomic mass is 9.78. The Morgan fingerprint density at radius 3 is 1.86 bits per heavy atom. The highest BCUT2D eigenvalue weighted by atomic mass is 32.2. The Bertz CT molecular complexity index is 1470. The Labute approximate surface area is 248 Å². The van der Waals surface area contributed by atoms with Crippen LogP contribution in [-0.4, -0.2) is 43.3 Å². The zero-order chi connectivity index (χ0) is 31.3. The first-order chi connectivity index (χ1) is 19.6. The molecule has 9 nitrogen and oxygen atoms in total. The van der Waals surface area contributed by atoms with Crippen LogP contribution < -0.4 is 4.74 Å². The molecule has 0 radical (unpaired) electrons. The molecule has 0 spiro atoms. The number of rotatable bonds is 11. The molecular formula is C32H39NO8S. The number of benzene rings is 3. The van der Waals surface area contributed by atoms with Gasteiger partial charge >= 0.3 is 5.97 Å². The van der Waals surface area contributed by atoms with Crippen molar-refractivity contribution in [2.24, 2.45) is 0 Å². The maximum Gasteiger partial charge on any atom is 0.335 e. The number of carboxylic acids is 1. The minimum atomic E-state index is -4.53. The van der Waals surface area contributed by atoms with Gasteiger partial charge in [-0.15, -0.1) is 0 Å². The van der Waals surface area contributed by atoms with Crippen LogP contribution in [0.15, 0.2) is 71.6 Å². The van der Waals surface area contributed by atoms with Gasteiger partial charge in [0.15, 0.2) is 6.79 Å². The van der Waals surface area contributed by atoms with E-state index in [4.69, 9.17) is 14.3 Å². The highest BCUT2D eigenvalue weighted by molar-refractivity contribution is 7.89. The van der Waals surface area contributed by atoms with E-state index >= 15 is 0 Å². The van der Waals surface area contributed by atoms with Crippen LogP contribution in [0.2, 0.25) is 0 Å². The highest BCUT2D eigenvalue weighted by Crippen LogP contribution is 2.41. The summed E-state index contributed by atoms with van der Waals surface area (Å²) < 4.78 is 39.3. The molecule has 0 heterocycles. The molecule has 0 aliphatic carbocycles. The summed E-state index contributed by atoms with van der Waals surface area (Å²) in [5, 5.41) is 9.22. The van der Waals surface area contributed by atoms with Gasteiger partial charge in [0.1, 0.15) is 12.4 Å². The molecule has 0 aliphatic heterocycles. The van der Waals surface area contributed by atoms with Crippen molar-refractivity contribution in [3.8, 4) is 5.75 Å². The largest absolute Gasteiger partial charge is 0.478 e. The predicted molar refractivity (Wildman–Crippen MR) is 159 cm³/mol. The number of aromatic carboxylic acids is 1. The standard InChI is InChI=1S/C32H39NO8S/c1-8-39-21-40-28-26(31(2,3)4)18-22(19-27(28)32(5,6)7)20-41-33(29(34)23-12-10-9-11-13-23)42(37,38)25-16-14-24(15-17-25)30(35)36/h9-19H,8,20-21H2,1-7H3,(H,35,36). The van der Waals surface area contributed by atoms with Crippen LogP contribution in [0, 0.1) is 0 Å². The van der Waals surface area contributed by atoms with E-state index in [2.05, 4.69) is 0 Å². The second-order valence-electron chi connectivity index (χ2n) is 11.8. The van der Waals surface area contributed by atoms with Gasteiger partial charge in [-0.05, 0) is 71.8 Å². The van der Waals surface area contributed by atoms with Crippen molar-refractivity contribution in [3.05, 3.63) is 94.5 Å². The Morgan fingerprint density at radius 1 is 0.833 bits per heavy atom. The van der Waals surface area contributed by atoms with E-state index in [1.165, 1.54) is 12.1 Å². The third kappa shape index (κ3) is 7.76. The first-order valence-corrected chi connectivity index (χ1v) is 15.0. The van der Waals surface area contributed by atoms with E-state index in [0.717, 1.165) is 35.4 Å². The zero-order valence-corrected chi connectivity index (χ0v) is 25.9. The number of carbonyl (C=O) groups excluding carboxylic acids is 1. The number of hydrogen-bond acceptors (Lipinski definition) is 7. The maximum absolute atomic E-state index is 13.7. The Morgan fingerprint density at radius 2 is 1.38 bits per heavy atom. The number of carbonyl (C=O) groups is 2. The molecule has 0 saturated carbocycles. The maximum atomic E-state index is 13.7. The molecule has 226 valence electrons. The zero-order valence-electron chi connectivity index (χ0n) is 25.1. The van der Waals surface area contributed by atoms with Crippen molar-refractivity contribution in [1.82, 2.24) is 4.47 Å². The summed E-state index contributed by atoms with van der Waals surface area (Å²) in [7, 11) is -4.53. The van der Waals surface area contributed by atoms with Crippen LogP contribution in [0.1, 0.15) is 85.9 Å². The Kier molecular flexibility index (Phi) is 10.2. The van der Waals surface area contributed by atoms with Crippen molar-refractivity contribution in [3.63, 3.8) is 0 Å². The van der Waals surface area contributed by atoms with Gasteiger partial charge in [0.2, 0.25) is 0 Å². The molecule has 3 rings (SSSR count). The normalized spacial score (nSPS) is 12.2. The van der Waals surface area contributed by atoms with Crippen molar-refractivity contribution in [2.45, 2.75) is 70.8 Å². The van der Waals surface area contributed by atoms with Crippen LogP contribution in [-0.2, 0) is 37.0 Å². The molecule has 3 aromatic rings. The second-order valence-corrected chi connectivity index (χ2v) is 13.5. The number of amides is 1. The van der Waals surface area contributed by atoms with Crippen LogP contribution in [0.5, 0.6) is 5.75 Å². The average molecular weight is 598 g/mol. The molecule has 42 heavy (non-hydrogen) atoms. The fourth-order valence-electron chi connectivity index (χ4n) is 4.15. The molecule has 0 atom stereocenters. The monoisotopic (exact) mass is 597 g/mol. The quantitative estimate of drug-likeness (QED) is 0.155. The summed E-state index contributed by atoms with van der Waals surface area (Å²) in [5.74, 6) is -1.40.